The lowest BCUT2D eigenvalue weighted by atomic mass is 10.1. The van der Waals surface area contributed by atoms with Crippen LogP contribution in [0.3, 0.4) is 0 Å². The number of ether oxygens (including phenoxy) is 2. The fraction of sp³-hybridized carbons (Fsp3) is 0.167. The molecule has 8 nitrogen and oxygen atoms in total. The average molecular weight is 275 g/mol. The minimum Gasteiger partial charge on any atom is -0.497 e. The molecule has 0 aliphatic heterocycles. The van der Waals surface area contributed by atoms with Gasteiger partial charge in [0.2, 0.25) is 5.95 Å². The van der Waals surface area contributed by atoms with Gasteiger partial charge in [-0.2, -0.15) is 5.10 Å². The molecule has 0 saturated carbocycles. The topological polar surface area (TPSA) is 112 Å². The zero-order chi connectivity index (χ0) is 14.5. The summed E-state index contributed by atoms with van der Waals surface area (Å²) >= 11 is 0. The molecule has 8 heteroatoms. The van der Waals surface area contributed by atoms with E-state index >= 15 is 0 Å². The molecule has 0 radical (unpaired) electrons. The van der Waals surface area contributed by atoms with Crippen molar-refractivity contribution in [2.75, 3.05) is 25.3 Å². The van der Waals surface area contributed by atoms with Crippen LogP contribution in [0, 0.1) is 0 Å². The molecule has 1 aromatic carbocycles. The highest BCUT2D eigenvalue weighted by molar-refractivity contribution is 6.08. The molecule has 0 aliphatic rings. The number of hydrogen-bond donors (Lipinski definition) is 2. The molecule has 1 amide bonds. The van der Waals surface area contributed by atoms with Gasteiger partial charge in [-0.1, -0.05) is 0 Å². The van der Waals surface area contributed by atoms with Crippen LogP contribution in [-0.4, -0.2) is 35.3 Å². The molecule has 104 valence electrons. The molecule has 1 aromatic heterocycles. The van der Waals surface area contributed by atoms with Crippen LogP contribution in [0.25, 0.3) is 0 Å². The second-order valence-electron chi connectivity index (χ2n) is 3.71. The SMILES string of the molecule is COc1cc(OC)c(N)c(C(=O)Nc2nccnn2)c1. The van der Waals surface area contributed by atoms with E-state index < -0.39 is 5.91 Å². The number of rotatable bonds is 4. The van der Waals surface area contributed by atoms with Gasteiger partial charge in [-0.25, -0.2) is 4.98 Å². The smallest absolute Gasteiger partial charge is 0.260 e. The molecule has 0 unspecified atom stereocenters. The highest BCUT2D eigenvalue weighted by Gasteiger charge is 2.17. The molecule has 1 heterocycles. The molecule has 0 spiro atoms. The Morgan fingerprint density at radius 3 is 2.65 bits per heavy atom. The monoisotopic (exact) mass is 275 g/mol. The summed E-state index contributed by atoms with van der Waals surface area (Å²) in [6.45, 7) is 0. The first-order valence-electron chi connectivity index (χ1n) is 5.62. The molecule has 2 aromatic rings. The summed E-state index contributed by atoms with van der Waals surface area (Å²) in [5, 5.41) is 9.76. The van der Waals surface area contributed by atoms with Gasteiger partial charge in [0, 0.05) is 6.07 Å². The van der Waals surface area contributed by atoms with Crippen LogP contribution in [-0.2, 0) is 0 Å². The van der Waals surface area contributed by atoms with Crippen molar-refractivity contribution in [3.8, 4) is 11.5 Å². The quantitative estimate of drug-likeness (QED) is 0.790. The van der Waals surface area contributed by atoms with E-state index in [-0.39, 0.29) is 17.2 Å². The van der Waals surface area contributed by atoms with Crippen molar-refractivity contribution in [1.29, 1.82) is 0 Å². The van der Waals surface area contributed by atoms with Gasteiger partial charge < -0.3 is 15.2 Å². The zero-order valence-corrected chi connectivity index (χ0v) is 11.0. The molecule has 0 atom stereocenters. The van der Waals surface area contributed by atoms with Gasteiger partial charge in [0.05, 0.1) is 37.9 Å². The summed E-state index contributed by atoms with van der Waals surface area (Å²) < 4.78 is 10.2. The molecule has 20 heavy (non-hydrogen) atoms. The predicted octanol–water partition coefficient (Wildman–Crippen LogP) is 0.723. The molecule has 0 aliphatic carbocycles. The van der Waals surface area contributed by atoms with Gasteiger partial charge in [0.15, 0.2) is 0 Å². The Labute approximate surface area is 114 Å². The maximum atomic E-state index is 12.2. The lowest BCUT2D eigenvalue weighted by Gasteiger charge is -2.12. The lowest BCUT2D eigenvalue weighted by Crippen LogP contribution is -2.16. The Hall–Kier alpha value is -2.90. The number of carbonyl (C=O) groups excluding carboxylic acids is 1. The van der Waals surface area contributed by atoms with Gasteiger partial charge >= 0.3 is 0 Å². The van der Waals surface area contributed by atoms with E-state index in [9.17, 15) is 4.79 Å². The number of hydrogen-bond acceptors (Lipinski definition) is 7. The largest absolute Gasteiger partial charge is 0.497 e. The summed E-state index contributed by atoms with van der Waals surface area (Å²) in [6.07, 6.45) is 2.82. The molecular formula is C12H13N5O3. The maximum Gasteiger partial charge on any atom is 0.260 e. The van der Waals surface area contributed by atoms with Gasteiger partial charge in [-0.05, 0) is 6.07 Å². The van der Waals surface area contributed by atoms with E-state index in [2.05, 4.69) is 20.5 Å². The predicted molar refractivity (Wildman–Crippen MR) is 71.7 cm³/mol. The second-order valence-corrected chi connectivity index (χ2v) is 3.71. The van der Waals surface area contributed by atoms with Crippen molar-refractivity contribution in [3.63, 3.8) is 0 Å². The number of nitrogens with zero attached hydrogens (tertiary/aromatic N) is 3. The van der Waals surface area contributed by atoms with Crippen LogP contribution in [0.2, 0.25) is 0 Å². The number of anilines is 2. The first kappa shape index (κ1) is 13.5. The normalized spacial score (nSPS) is 9.90. The molecule has 0 fully saturated rings. The first-order valence-corrected chi connectivity index (χ1v) is 5.62. The number of amides is 1. The number of nitrogens with two attached hydrogens (primary N) is 1. The van der Waals surface area contributed by atoms with Crippen molar-refractivity contribution in [1.82, 2.24) is 15.2 Å². The summed E-state index contributed by atoms with van der Waals surface area (Å²) in [7, 11) is 2.94. The molecule has 2 rings (SSSR count). The van der Waals surface area contributed by atoms with Gasteiger partial charge in [0.25, 0.3) is 5.91 Å². The number of aromatic nitrogens is 3. The van der Waals surface area contributed by atoms with Crippen LogP contribution in [0.4, 0.5) is 11.6 Å². The maximum absolute atomic E-state index is 12.2. The van der Waals surface area contributed by atoms with E-state index in [1.165, 1.54) is 32.7 Å². The highest BCUT2D eigenvalue weighted by Crippen LogP contribution is 2.31. The number of carbonyl (C=O) groups is 1. The lowest BCUT2D eigenvalue weighted by molar-refractivity contribution is 0.102. The van der Waals surface area contributed by atoms with E-state index in [1.54, 1.807) is 6.07 Å². The van der Waals surface area contributed by atoms with E-state index in [0.717, 1.165) is 0 Å². The third-order valence-electron chi connectivity index (χ3n) is 2.52. The number of nitrogen functional groups attached to an aromatic ring is 1. The third kappa shape index (κ3) is 2.74. The third-order valence-corrected chi connectivity index (χ3v) is 2.52. The molecular weight excluding hydrogens is 262 g/mol. The Morgan fingerprint density at radius 2 is 2.05 bits per heavy atom. The number of benzene rings is 1. The molecule has 0 saturated heterocycles. The van der Waals surface area contributed by atoms with Crippen LogP contribution >= 0.6 is 0 Å². The van der Waals surface area contributed by atoms with E-state index in [1.807, 2.05) is 0 Å². The van der Waals surface area contributed by atoms with Gasteiger partial charge in [0.1, 0.15) is 11.5 Å². The van der Waals surface area contributed by atoms with Crippen LogP contribution in [0.15, 0.2) is 24.5 Å². The number of nitrogens with one attached hydrogen (secondary N) is 1. The van der Waals surface area contributed by atoms with E-state index in [0.29, 0.717) is 11.5 Å². The van der Waals surface area contributed by atoms with Crippen molar-refractivity contribution >= 4 is 17.5 Å². The number of methoxy groups -OCH3 is 2. The van der Waals surface area contributed by atoms with Crippen LogP contribution < -0.4 is 20.5 Å². The Balaban J connectivity index is 2.34. The van der Waals surface area contributed by atoms with Crippen LogP contribution in [0.5, 0.6) is 11.5 Å². The summed E-state index contributed by atoms with van der Waals surface area (Å²) in [6, 6.07) is 3.09. The highest BCUT2D eigenvalue weighted by atomic mass is 16.5. The van der Waals surface area contributed by atoms with E-state index in [4.69, 9.17) is 15.2 Å². The van der Waals surface area contributed by atoms with Gasteiger partial charge in [-0.3, -0.25) is 10.1 Å². The van der Waals surface area contributed by atoms with Gasteiger partial charge in [-0.15, -0.1) is 5.10 Å². The average Bonchev–Trinajstić information content (AvgIpc) is 2.48. The fourth-order valence-electron chi connectivity index (χ4n) is 1.55. The second kappa shape index (κ2) is 5.83. The van der Waals surface area contributed by atoms with Crippen molar-refractivity contribution in [2.45, 2.75) is 0 Å². The Morgan fingerprint density at radius 1 is 1.25 bits per heavy atom. The minimum absolute atomic E-state index is 0.0821. The van der Waals surface area contributed by atoms with Crippen molar-refractivity contribution in [2.24, 2.45) is 0 Å². The van der Waals surface area contributed by atoms with Crippen molar-refractivity contribution in [3.05, 3.63) is 30.1 Å². The fourth-order valence-corrected chi connectivity index (χ4v) is 1.55. The summed E-state index contributed by atoms with van der Waals surface area (Å²) in [4.78, 5) is 16.0. The standard InChI is InChI=1S/C12H13N5O3/c1-19-7-5-8(10(13)9(6-7)20-2)11(18)16-12-14-3-4-15-17-12/h3-6H,13H2,1-2H3,(H,14,16,17,18). The molecule has 3 N–H and O–H groups in total. The molecule has 0 bridgehead atoms. The minimum atomic E-state index is -0.479. The Kier molecular flexibility index (Phi) is 3.94. The summed E-state index contributed by atoms with van der Waals surface area (Å²) in [5.41, 5.74) is 6.28. The first-order chi connectivity index (χ1) is 9.65. The summed E-state index contributed by atoms with van der Waals surface area (Å²) in [5.74, 6) is 0.404. The zero-order valence-electron chi connectivity index (χ0n) is 11.0. The Bertz CT molecular complexity index is 618. The van der Waals surface area contributed by atoms with Crippen LogP contribution in [0.1, 0.15) is 10.4 Å². The van der Waals surface area contributed by atoms with Crippen molar-refractivity contribution < 1.29 is 14.3 Å².